The molecule has 118 valence electrons. The summed E-state index contributed by atoms with van der Waals surface area (Å²) in [6.45, 7) is 0.532. The van der Waals surface area contributed by atoms with Gasteiger partial charge in [-0.1, -0.05) is 12.1 Å². The zero-order valence-electron chi connectivity index (χ0n) is 12.7. The van der Waals surface area contributed by atoms with Crippen molar-refractivity contribution in [3.8, 4) is 0 Å². The molecule has 0 saturated heterocycles. The van der Waals surface area contributed by atoms with E-state index in [4.69, 9.17) is 5.73 Å². The Morgan fingerprint density at radius 1 is 1.36 bits per heavy atom. The molecule has 1 aliphatic carbocycles. The summed E-state index contributed by atoms with van der Waals surface area (Å²) in [4.78, 5) is 8.47. The van der Waals surface area contributed by atoms with Crippen LogP contribution < -0.4 is 11.1 Å². The highest BCUT2D eigenvalue weighted by Crippen LogP contribution is 2.27. The summed E-state index contributed by atoms with van der Waals surface area (Å²) in [5, 5.41) is 3.25. The molecule has 1 aromatic heterocycles. The van der Waals surface area contributed by atoms with E-state index in [1.54, 1.807) is 12.5 Å². The van der Waals surface area contributed by atoms with Crippen molar-refractivity contribution in [3.05, 3.63) is 47.5 Å². The minimum atomic E-state index is 0. The first-order valence-electron chi connectivity index (χ1n) is 7.37. The lowest BCUT2D eigenvalue weighted by Gasteiger charge is -2.19. The first-order chi connectivity index (χ1) is 10.2. The molecular formula is C16H22IN5. The average Bonchev–Trinajstić information content (AvgIpc) is 2.91. The van der Waals surface area contributed by atoms with Crippen LogP contribution in [0, 0.1) is 0 Å². The standard InChI is InChI=1S/C16H21N5.HI/c1-21-11-18-9-13(21)10-19-16(17)20-15-8-4-6-12-5-2-3-7-14(12)15;/h4,6,8-9,11H,2-3,5,7,10H2,1H3,(H3,17,19,20);1H. The van der Waals surface area contributed by atoms with Gasteiger partial charge in [0.2, 0.25) is 0 Å². The van der Waals surface area contributed by atoms with Gasteiger partial charge in [0.05, 0.1) is 24.8 Å². The van der Waals surface area contributed by atoms with Gasteiger partial charge >= 0.3 is 0 Å². The lowest BCUT2D eigenvalue weighted by molar-refractivity contribution is 0.687. The molecule has 0 amide bonds. The van der Waals surface area contributed by atoms with Crippen LogP contribution in [0.25, 0.3) is 0 Å². The summed E-state index contributed by atoms with van der Waals surface area (Å²) in [5.74, 6) is 0.454. The van der Waals surface area contributed by atoms with Gasteiger partial charge < -0.3 is 15.6 Å². The predicted molar refractivity (Wildman–Crippen MR) is 101 cm³/mol. The van der Waals surface area contributed by atoms with Crippen LogP contribution >= 0.6 is 24.0 Å². The van der Waals surface area contributed by atoms with Crippen molar-refractivity contribution in [1.82, 2.24) is 9.55 Å². The summed E-state index contributed by atoms with van der Waals surface area (Å²) in [5.41, 5.74) is 11.0. The zero-order chi connectivity index (χ0) is 14.7. The molecule has 1 heterocycles. The van der Waals surface area contributed by atoms with Gasteiger partial charge in [0, 0.05) is 12.7 Å². The van der Waals surface area contributed by atoms with Crippen LogP contribution in [0.5, 0.6) is 0 Å². The second-order valence-electron chi connectivity index (χ2n) is 5.47. The van der Waals surface area contributed by atoms with E-state index < -0.39 is 0 Å². The number of anilines is 1. The van der Waals surface area contributed by atoms with E-state index in [0.717, 1.165) is 24.2 Å². The number of halogens is 1. The Morgan fingerprint density at radius 2 is 2.18 bits per heavy atom. The molecule has 0 aliphatic heterocycles. The second-order valence-corrected chi connectivity index (χ2v) is 5.47. The van der Waals surface area contributed by atoms with E-state index in [0.29, 0.717) is 12.5 Å². The largest absolute Gasteiger partial charge is 0.370 e. The van der Waals surface area contributed by atoms with Gasteiger partial charge in [0.1, 0.15) is 0 Å². The van der Waals surface area contributed by atoms with Crippen molar-refractivity contribution in [1.29, 1.82) is 0 Å². The van der Waals surface area contributed by atoms with E-state index in [9.17, 15) is 0 Å². The number of nitrogens with zero attached hydrogens (tertiary/aromatic N) is 3. The minimum Gasteiger partial charge on any atom is -0.370 e. The number of hydrogen-bond donors (Lipinski definition) is 2. The summed E-state index contributed by atoms with van der Waals surface area (Å²) in [7, 11) is 1.95. The van der Waals surface area contributed by atoms with Crippen LogP contribution in [-0.2, 0) is 26.4 Å². The number of aryl methyl sites for hydroxylation is 2. The van der Waals surface area contributed by atoms with Crippen LogP contribution in [0.15, 0.2) is 35.7 Å². The number of fused-ring (bicyclic) bond motifs is 1. The van der Waals surface area contributed by atoms with Gasteiger partial charge in [0.25, 0.3) is 0 Å². The van der Waals surface area contributed by atoms with E-state index in [2.05, 4.69) is 33.5 Å². The normalized spacial score (nSPS) is 14.1. The van der Waals surface area contributed by atoms with Crippen molar-refractivity contribution in [2.24, 2.45) is 17.8 Å². The van der Waals surface area contributed by atoms with E-state index in [-0.39, 0.29) is 24.0 Å². The van der Waals surface area contributed by atoms with Crippen LogP contribution in [0.3, 0.4) is 0 Å². The molecule has 6 heteroatoms. The van der Waals surface area contributed by atoms with E-state index >= 15 is 0 Å². The van der Waals surface area contributed by atoms with Gasteiger partial charge in [-0.25, -0.2) is 9.98 Å². The third-order valence-corrected chi connectivity index (χ3v) is 3.99. The number of hydrogen-bond acceptors (Lipinski definition) is 2. The molecule has 5 nitrogen and oxygen atoms in total. The summed E-state index contributed by atoms with van der Waals surface area (Å²) >= 11 is 0. The Kier molecular flexibility index (Phi) is 5.82. The molecule has 0 bridgehead atoms. The van der Waals surface area contributed by atoms with Crippen LogP contribution in [0.1, 0.15) is 29.7 Å². The fourth-order valence-electron chi connectivity index (χ4n) is 2.78. The first-order valence-corrected chi connectivity index (χ1v) is 7.37. The Morgan fingerprint density at radius 3 is 2.95 bits per heavy atom. The summed E-state index contributed by atoms with van der Waals surface area (Å²) < 4.78 is 1.95. The van der Waals surface area contributed by atoms with Crippen LogP contribution in [0.2, 0.25) is 0 Å². The maximum Gasteiger partial charge on any atom is 0.193 e. The fraction of sp³-hybridized carbons (Fsp3) is 0.375. The monoisotopic (exact) mass is 411 g/mol. The number of guanidine groups is 1. The predicted octanol–water partition coefficient (Wildman–Crippen LogP) is 2.84. The highest BCUT2D eigenvalue weighted by Gasteiger charge is 2.13. The lowest BCUT2D eigenvalue weighted by Crippen LogP contribution is -2.24. The van der Waals surface area contributed by atoms with E-state index in [1.807, 2.05) is 11.6 Å². The number of aliphatic imine (C=N–C) groups is 1. The van der Waals surface area contributed by atoms with Crippen molar-refractivity contribution in [2.45, 2.75) is 32.2 Å². The van der Waals surface area contributed by atoms with Crippen molar-refractivity contribution in [2.75, 3.05) is 5.32 Å². The highest BCUT2D eigenvalue weighted by atomic mass is 127. The molecule has 1 aromatic carbocycles. The average molecular weight is 411 g/mol. The molecule has 0 atom stereocenters. The molecular weight excluding hydrogens is 389 g/mol. The van der Waals surface area contributed by atoms with Crippen molar-refractivity contribution in [3.63, 3.8) is 0 Å². The molecule has 22 heavy (non-hydrogen) atoms. The maximum absolute atomic E-state index is 6.01. The Bertz CT molecular complexity index is 662. The molecule has 0 saturated carbocycles. The van der Waals surface area contributed by atoms with Gasteiger partial charge in [-0.15, -0.1) is 24.0 Å². The summed E-state index contributed by atoms with van der Waals surface area (Å²) in [6, 6.07) is 6.38. The van der Waals surface area contributed by atoms with E-state index in [1.165, 1.54) is 24.0 Å². The smallest absolute Gasteiger partial charge is 0.193 e. The number of nitrogens with two attached hydrogens (primary N) is 1. The third-order valence-electron chi connectivity index (χ3n) is 3.99. The first kappa shape index (κ1) is 16.8. The molecule has 3 N–H and O–H groups in total. The van der Waals surface area contributed by atoms with Gasteiger partial charge in [0.15, 0.2) is 5.96 Å². The zero-order valence-corrected chi connectivity index (χ0v) is 15.1. The molecule has 0 radical (unpaired) electrons. The molecule has 0 spiro atoms. The number of benzene rings is 1. The Labute approximate surface area is 148 Å². The topological polar surface area (TPSA) is 68.2 Å². The second kappa shape index (κ2) is 7.62. The van der Waals surface area contributed by atoms with Crippen LogP contribution in [0.4, 0.5) is 5.69 Å². The SMILES string of the molecule is Cn1cncc1CN=C(N)Nc1cccc2c1CCCC2.I. The number of nitrogens with one attached hydrogen (secondary N) is 1. The number of rotatable bonds is 3. The molecule has 2 aromatic rings. The minimum absolute atomic E-state index is 0. The van der Waals surface area contributed by atoms with Crippen molar-refractivity contribution >= 4 is 35.6 Å². The van der Waals surface area contributed by atoms with Crippen molar-refractivity contribution < 1.29 is 0 Å². The Balaban J connectivity index is 0.00000176. The number of imidazole rings is 1. The van der Waals surface area contributed by atoms with Gasteiger partial charge in [-0.05, 0) is 42.9 Å². The molecule has 3 rings (SSSR count). The molecule has 1 aliphatic rings. The molecule has 0 fully saturated rings. The quantitative estimate of drug-likeness (QED) is 0.464. The maximum atomic E-state index is 6.01. The van der Waals surface area contributed by atoms with Gasteiger partial charge in [-0.2, -0.15) is 0 Å². The van der Waals surface area contributed by atoms with Gasteiger partial charge in [-0.3, -0.25) is 0 Å². The molecule has 0 unspecified atom stereocenters. The van der Waals surface area contributed by atoms with Crippen LogP contribution in [-0.4, -0.2) is 15.5 Å². The fourth-order valence-corrected chi connectivity index (χ4v) is 2.78. The highest BCUT2D eigenvalue weighted by molar-refractivity contribution is 14.0. The third kappa shape index (κ3) is 3.79. The Hall–Kier alpha value is -1.57. The summed E-state index contributed by atoms with van der Waals surface area (Å²) in [6.07, 6.45) is 8.38. The number of aromatic nitrogens is 2. The lowest BCUT2D eigenvalue weighted by atomic mass is 9.90.